The molecule has 0 atom stereocenters. The van der Waals surface area contributed by atoms with Crippen molar-refractivity contribution in [2.45, 2.75) is 12.8 Å². The summed E-state index contributed by atoms with van der Waals surface area (Å²) in [6, 6.07) is 28.4. The Labute approximate surface area is 172 Å². The summed E-state index contributed by atoms with van der Waals surface area (Å²) in [6.45, 7) is 0.912. The van der Waals surface area contributed by atoms with Crippen LogP contribution in [0.4, 0.5) is 8.78 Å². The first kappa shape index (κ1) is 18.4. The Hall–Kier alpha value is -3.66. The first-order chi connectivity index (χ1) is 14.5. The molecule has 0 aliphatic heterocycles. The van der Waals surface area contributed by atoms with E-state index in [1.54, 1.807) is 18.2 Å². The zero-order chi connectivity index (χ0) is 20.7. The van der Waals surface area contributed by atoms with Gasteiger partial charge in [-0.3, -0.25) is 0 Å². The van der Waals surface area contributed by atoms with E-state index in [1.807, 2.05) is 60.7 Å². The molecule has 0 saturated heterocycles. The van der Waals surface area contributed by atoms with Crippen LogP contribution in [0.3, 0.4) is 0 Å². The van der Waals surface area contributed by atoms with Gasteiger partial charge in [-0.05, 0) is 22.9 Å². The van der Waals surface area contributed by atoms with Crippen LogP contribution in [0.1, 0.15) is 12.5 Å². The van der Waals surface area contributed by atoms with Gasteiger partial charge in [0.2, 0.25) is 0 Å². The van der Waals surface area contributed by atoms with Crippen molar-refractivity contribution < 1.29 is 8.78 Å². The van der Waals surface area contributed by atoms with Gasteiger partial charge in [-0.15, -0.1) is 10.2 Å². The molecule has 0 aliphatic rings. The molecule has 0 unspecified atom stereocenters. The lowest BCUT2D eigenvalue weighted by Gasteiger charge is -2.17. The number of alkyl halides is 2. The summed E-state index contributed by atoms with van der Waals surface area (Å²) in [6.07, 6.45) is 0. The highest BCUT2D eigenvalue weighted by molar-refractivity contribution is 6.08. The first-order valence-electron chi connectivity index (χ1n) is 9.75. The Bertz CT molecular complexity index is 1370. The molecule has 5 aromatic rings. The summed E-state index contributed by atoms with van der Waals surface area (Å²) in [7, 11) is 0. The molecule has 1 aromatic heterocycles. The van der Waals surface area contributed by atoms with Gasteiger partial charge < -0.3 is 0 Å². The maximum absolute atomic E-state index is 14.3. The van der Waals surface area contributed by atoms with E-state index in [2.05, 4.69) is 16.3 Å². The largest absolute Gasteiger partial charge is 0.271 e. The van der Waals surface area contributed by atoms with Crippen LogP contribution in [0.15, 0.2) is 91.0 Å². The quantitative estimate of drug-likeness (QED) is 0.301. The van der Waals surface area contributed by atoms with Gasteiger partial charge in [0, 0.05) is 34.4 Å². The van der Waals surface area contributed by atoms with Gasteiger partial charge in [0.25, 0.3) is 5.92 Å². The smallest absolute Gasteiger partial charge is 0.202 e. The number of rotatable bonds is 3. The van der Waals surface area contributed by atoms with Crippen molar-refractivity contribution >= 4 is 21.5 Å². The summed E-state index contributed by atoms with van der Waals surface area (Å²) >= 11 is 0. The van der Waals surface area contributed by atoms with Crippen molar-refractivity contribution in [3.8, 4) is 22.5 Å². The summed E-state index contributed by atoms with van der Waals surface area (Å²) in [5.74, 6) is -2.99. The third-order valence-electron chi connectivity index (χ3n) is 5.35. The van der Waals surface area contributed by atoms with Gasteiger partial charge in [-0.25, -0.2) is 8.78 Å². The summed E-state index contributed by atoms with van der Waals surface area (Å²) in [5.41, 5.74) is 2.48. The fourth-order valence-electron chi connectivity index (χ4n) is 3.92. The zero-order valence-corrected chi connectivity index (χ0v) is 16.3. The minimum atomic E-state index is -2.99. The van der Waals surface area contributed by atoms with E-state index in [0.717, 1.165) is 39.7 Å². The third kappa shape index (κ3) is 3.11. The standard InChI is InChI=1S/C26H18F2N2/c1-26(27,28)23-14-8-7-13-20(23)25-22-16-19-12-6-5-11-18(19)15-21(22)24(29-30-25)17-9-3-2-4-10-17/h2-16H,1H3. The molecule has 0 bridgehead atoms. The van der Waals surface area contributed by atoms with E-state index in [1.165, 1.54) is 6.07 Å². The summed E-state index contributed by atoms with van der Waals surface area (Å²) in [5, 5.41) is 12.7. The number of aromatic nitrogens is 2. The highest BCUT2D eigenvalue weighted by Crippen LogP contribution is 2.39. The average molecular weight is 396 g/mol. The first-order valence-corrected chi connectivity index (χ1v) is 9.75. The Balaban J connectivity index is 1.89. The van der Waals surface area contributed by atoms with Crippen molar-refractivity contribution in [1.29, 1.82) is 0 Å². The van der Waals surface area contributed by atoms with E-state index >= 15 is 0 Å². The van der Waals surface area contributed by atoms with E-state index in [4.69, 9.17) is 0 Å². The minimum absolute atomic E-state index is 0.0544. The van der Waals surface area contributed by atoms with Crippen molar-refractivity contribution in [2.24, 2.45) is 0 Å². The molecule has 0 aliphatic carbocycles. The molecule has 0 fully saturated rings. The van der Waals surface area contributed by atoms with Crippen LogP contribution in [-0.2, 0) is 5.92 Å². The van der Waals surface area contributed by atoms with Crippen molar-refractivity contribution in [2.75, 3.05) is 0 Å². The Morgan fingerprint density at radius 3 is 1.83 bits per heavy atom. The number of benzene rings is 4. The van der Waals surface area contributed by atoms with Crippen LogP contribution in [-0.4, -0.2) is 10.2 Å². The lowest BCUT2D eigenvalue weighted by Crippen LogP contribution is -2.09. The van der Waals surface area contributed by atoms with Gasteiger partial charge in [0.15, 0.2) is 0 Å². The Morgan fingerprint density at radius 1 is 0.633 bits per heavy atom. The molecule has 4 heteroatoms. The third-order valence-corrected chi connectivity index (χ3v) is 5.35. The molecule has 2 nitrogen and oxygen atoms in total. The van der Waals surface area contributed by atoms with Gasteiger partial charge >= 0.3 is 0 Å². The minimum Gasteiger partial charge on any atom is -0.202 e. The monoisotopic (exact) mass is 396 g/mol. The summed E-state index contributed by atoms with van der Waals surface area (Å²) < 4.78 is 28.7. The second-order valence-electron chi connectivity index (χ2n) is 7.44. The van der Waals surface area contributed by atoms with Crippen LogP contribution in [0.25, 0.3) is 44.1 Å². The van der Waals surface area contributed by atoms with E-state index < -0.39 is 5.92 Å². The van der Waals surface area contributed by atoms with Crippen molar-refractivity contribution in [3.63, 3.8) is 0 Å². The average Bonchev–Trinajstić information content (AvgIpc) is 2.77. The molecule has 5 rings (SSSR count). The predicted octanol–water partition coefficient (Wildman–Crippen LogP) is 7.23. The van der Waals surface area contributed by atoms with Gasteiger partial charge in [-0.2, -0.15) is 0 Å². The molecular formula is C26H18F2N2. The molecule has 30 heavy (non-hydrogen) atoms. The maximum atomic E-state index is 14.3. The molecule has 0 N–H and O–H groups in total. The maximum Gasteiger partial charge on any atom is 0.271 e. The second-order valence-corrected chi connectivity index (χ2v) is 7.44. The van der Waals surface area contributed by atoms with Crippen LogP contribution < -0.4 is 0 Å². The van der Waals surface area contributed by atoms with Crippen LogP contribution in [0, 0.1) is 0 Å². The lowest BCUT2D eigenvalue weighted by molar-refractivity contribution is 0.0181. The lowest BCUT2D eigenvalue weighted by atomic mass is 9.94. The predicted molar refractivity (Wildman–Crippen MR) is 117 cm³/mol. The topological polar surface area (TPSA) is 25.8 Å². The number of hydrogen-bond donors (Lipinski definition) is 0. The highest BCUT2D eigenvalue weighted by Gasteiger charge is 2.29. The zero-order valence-electron chi connectivity index (χ0n) is 16.3. The second kappa shape index (κ2) is 6.99. The van der Waals surface area contributed by atoms with Crippen molar-refractivity contribution in [3.05, 3.63) is 96.6 Å². The normalized spacial score (nSPS) is 11.8. The van der Waals surface area contributed by atoms with E-state index in [-0.39, 0.29) is 5.56 Å². The van der Waals surface area contributed by atoms with Crippen LogP contribution >= 0.6 is 0 Å². The number of nitrogens with zero attached hydrogens (tertiary/aromatic N) is 2. The molecule has 0 amide bonds. The van der Waals surface area contributed by atoms with Gasteiger partial charge in [0.1, 0.15) is 11.4 Å². The number of hydrogen-bond acceptors (Lipinski definition) is 2. The van der Waals surface area contributed by atoms with E-state index in [0.29, 0.717) is 11.3 Å². The molecule has 4 aromatic carbocycles. The van der Waals surface area contributed by atoms with Crippen LogP contribution in [0.5, 0.6) is 0 Å². The van der Waals surface area contributed by atoms with Gasteiger partial charge in [0.05, 0.1) is 0 Å². The van der Waals surface area contributed by atoms with Crippen molar-refractivity contribution in [1.82, 2.24) is 10.2 Å². The molecular weight excluding hydrogens is 378 g/mol. The molecule has 0 saturated carbocycles. The van der Waals surface area contributed by atoms with Crippen LogP contribution in [0.2, 0.25) is 0 Å². The molecule has 0 spiro atoms. The number of halogens is 2. The molecule has 146 valence electrons. The Morgan fingerprint density at radius 2 is 1.17 bits per heavy atom. The summed E-state index contributed by atoms with van der Waals surface area (Å²) in [4.78, 5) is 0. The fraction of sp³-hybridized carbons (Fsp3) is 0.0769. The molecule has 0 radical (unpaired) electrons. The van der Waals surface area contributed by atoms with Gasteiger partial charge in [-0.1, -0.05) is 78.9 Å². The SMILES string of the molecule is CC(F)(F)c1ccccc1-c1nnc(-c2ccccc2)c2cc3ccccc3cc12. The van der Waals surface area contributed by atoms with E-state index in [9.17, 15) is 8.78 Å². The fourth-order valence-corrected chi connectivity index (χ4v) is 3.92. The Kier molecular flexibility index (Phi) is 4.28. The highest BCUT2D eigenvalue weighted by atomic mass is 19.3. The molecule has 1 heterocycles. The number of fused-ring (bicyclic) bond motifs is 2.